The number of amides is 1. The number of benzene rings is 1. The van der Waals surface area contributed by atoms with Crippen molar-refractivity contribution >= 4 is 5.91 Å². The monoisotopic (exact) mass is 340 g/mol. The van der Waals surface area contributed by atoms with Gasteiger partial charge in [0.05, 0.1) is 18.6 Å². The van der Waals surface area contributed by atoms with E-state index < -0.39 is 6.10 Å². The predicted molar refractivity (Wildman–Crippen MR) is 95.1 cm³/mol. The summed E-state index contributed by atoms with van der Waals surface area (Å²) in [7, 11) is 0. The van der Waals surface area contributed by atoms with E-state index in [4.69, 9.17) is 4.74 Å². The van der Waals surface area contributed by atoms with E-state index >= 15 is 0 Å². The molecule has 5 heteroatoms. The highest BCUT2D eigenvalue weighted by Gasteiger charge is 2.24. The van der Waals surface area contributed by atoms with E-state index in [1.807, 2.05) is 36.4 Å². The lowest BCUT2D eigenvalue weighted by Gasteiger charge is -2.28. The minimum atomic E-state index is -0.424. The third kappa shape index (κ3) is 5.29. The van der Waals surface area contributed by atoms with E-state index in [-0.39, 0.29) is 18.4 Å². The molecule has 132 valence electrons. The normalized spacial score (nSPS) is 20.0. The summed E-state index contributed by atoms with van der Waals surface area (Å²) >= 11 is 0. The average molecular weight is 340 g/mol. The molecule has 2 aromatic rings. The lowest BCUT2D eigenvalue weighted by Crippen LogP contribution is -2.45. The summed E-state index contributed by atoms with van der Waals surface area (Å²) in [4.78, 5) is 16.3. The zero-order valence-electron chi connectivity index (χ0n) is 14.2. The minimum absolute atomic E-state index is 0.0599. The maximum absolute atomic E-state index is 12.2. The Morgan fingerprint density at radius 1 is 1.20 bits per heavy atom. The highest BCUT2D eigenvalue weighted by molar-refractivity contribution is 5.79. The molecule has 1 heterocycles. The van der Waals surface area contributed by atoms with Gasteiger partial charge in [-0.2, -0.15) is 0 Å². The Morgan fingerprint density at radius 2 is 2.04 bits per heavy atom. The van der Waals surface area contributed by atoms with Crippen molar-refractivity contribution in [3.05, 3.63) is 59.9 Å². The van der Waals surface area contributed by atoms with Gasteiger partial charge in [0.25, 0.3) is 0 Å². The summed E-state index contributed by atoms with van der Waals surface area (Å²) in [6, 6.07) is 11.3. The molecule has 1 aromatic carbocycles. The Bertz CT molecular complexity index is 690. The van der Waals surface area contributed by atoms with Gasteiger partial charge < -0.3 is 15.2 Å². The molecule has 2 N–H and O–H groups in total. The van der Waals surface area contributed by atoms with Crippen LogP contribution < -0.4 is 10.1 Å². The Labute approximate surface area is 148 Å². The summed E-state index contributed by atoms with van der Waals surface area (Å²) in [6.45, 7) is 0.442. The van der Waals surface area contributed by atoms with Crippen LogP contribution in [0.15, 0.2) is 48.8 Å². The molecule has 1 aliphatic carbocycles. The third-order valence-electron chi connectivity index (χ3n) is 4.47. The highest BCUT2D eigenvalue weighted by Crippen LogP contribution is 2.19. The first-order valence-electron chi connectivity index (χ1n) is 8.79. The third-order valence-corrected chi connectivity index (χ3v) is 4.47. The summed E-state index contributed by atoms with van der Waals surface area (Å²) < 4.78 is 5.77. The highest BCUT2D eigenvalue weighted by atomic mass is 16.5. The molecule has 2 atom stereocenters. The van der Waals surface area contributed by atoms with Gasteiger partial charge in [-0.15, -0.1) is 0 Å². The fourth-order valence-electron chi connectivity index (χ4n) is 3.12. The predicted octanol–water partition coefficient (Wildman–Crippen LogP) is 2.62. The Morgan fingerprint density at radius 3 is 2.84 bits per heavy atom. The van der Waals surface area contributed by atoms with E-state index in [0.29, 0.717) is 6.61 Å². The lowest BCUT2D eigenvalue weighted by molar-refractivity contribution is -0.122. The van der Waals surface area contributed by atoms with Gasteiger partial charge >= 0.3 is 0 Å². The molecule has 1 amide bonds. The van der Waals surface area contributed by atoms with Crippen molar-refractivity contribution < 1.29 is 14.6 Å². The van der Waals surface area contributed by atoms with E-state index in [9.17, 15) is 9.90 Å². The Kier molecular flexibility index (Phi) is 6.01. The van der Waals surface area contributed by atoms with Crippen LogP contribution in [0.1, 0.15) is 36.8 Å². The summed E-state index contributed by atoms with van der Waals surface area (Å²) in [5, 5.41) is 12.9. The first-order valence-corrected chi connectivity index (χ1v) is 8.79. The van der Waals surface area contributed by atoms with Crippen LogP contribution in [0, 0.1) is 0 Å². The summed E-state index contributed by atoms with van der Waals surface area (Å²) in [5.41, 5.74) is 1.89. The molecule has 0 bridgehead atoms. The second kappa shape index (κ2) is 8.62. The van der Waals surface area contributed by atoms with Crippen LogP contribution in [-0.2, 0) is 17.8 Å². The summed E-state index contributed by atoms with van der Waals surface area (Å²) in [6.07, 6.45) is 7.06. The largest absolute Gasteiger partial charge is 0.489 e. The van der Waals surface area contributed by atoms with Crippen molar-refractivity contribution in [2.24, 2.45) is 0 Å². The molecular weight excluding hydrogens is 316 g/mol. The quantitative estimate of drug-likeness (QED) is 0.848. The molecule has 2 unspecified atom stereocenters. The fourth-order valence-corrected chi connectivity index (χ4v) is 3.12. The van der Waals surface area contributed by atoms with Crippen LogP contribution in [0.5, 0.6) is 5.75 Å². The SMILES string of the molecule is O=C(Cc1cccc(OCc2cccnc2)c1)NC1CCCCC1O. The Hall–Kier alpha value is -2.40. The number of aliphatic hydroxyl groups is 1. The molecule has 1 aromatic heterocycles. The molecule has 25 heavy (non-hydrogen) atoms. The zero-order chi connectivity index (χ0) is 17.5. The number of hydrogen-bond acceptors (Lipinski definition) is 4. The topological polar surface area (TPSA) is 71.5 Å². The zero-order valence-corrected chi connectivity index (χ0v) is 14.2. The van der Waals surface area contributed by atoms with Gasteiger partial charge in [0.1, 0.15) is 12.4 Å². The second-order valence-corrected chi connectivity index (χ2v) is 6.50. The number of carbonyl (C=O) groups is 1. The fraction of sp³-hybridized carbons (Fsp3) is 0.400. The molecule has 1 aliphatic rings. The minimum Gasteiger partial charge on any atom is -0.489 e. The van der Waals surface area contributed by atoms with Gasteiger partial charge in [-0.1, -0.05) is 31.0 Å². The number of aromatic nitrogens is 1. The molecule has 1 fully saturated rings. The number of hydrogen-bond donors (Lipinski definition) is 2. The molecule has 0 spiro atoms. The number of nitrogens with zero attached hydrogens (tertiary/aromatic N) is 1. The van der Waals surface area contributed by atoms with Crippen molar-refractivity contribution in [3.8, 4) is 5.75 Å². The maximum atomic E-state index is 12.2. The van der Waals surface area contributed by atoms with Gasteiger partial charge in [0.15, 0.2) is 0 Å². The lowest BCUT2D eigenvalue weighted by atomic mass is 9.92. The van der Waals surface area contributed by atoms with Crippen LogP contribution >= 0.6 is 0 Å². The van der Waals surface area contributed by atoms with Crippen molar-refractivity contribution in [2.45, 2.75) is 50.9 Å². The van der Waals surface area contributed by atoms with Crippen molar-refractivity contribution in [2.75, 3.05) is 0 Å². The molecule has 0 saturated heterocycles. The van der Waals surface area contributed by atoms with Crippen LogP contribution in [0.4, 0.5) is 0 Å². The van der Waals surface area contributed by atoms with Crippen LogP contribution in [0.2, 0.25) is 0 Å². The Balaban J connectivity index is 1.53. The molecular formula is C20H24N2O3. The van der Waals surface area contributed by atoms with E-state index in [1.165, 1.54) is 0 Å². The van der Waals surface area contributed by atoms with E-state index in [0.717, 1.165) is 42.6 Å². The molecule has 1 saturated carbocycles. The van der Waals surface area contributed by atoms with Crippen molar-refractivity contribution in [3.63, 3.8) is 0 Å². The van der Waals surface area contributed by atoms with Crippen LogP contribution in [0.3, 0.4) is 0 Å². The number of rotatable bonds is 6. The average Bonchev–Trinajstić information content (AvgIpc) is 2.63. The number of pyridine rings is 1. The molecule has 3 rings (SSSR count). The van der Waals surface area contributed by atoms with Crippen molar-refractivity contribution in [1.29, 1.82) is 0 Å². The number of ether oxygens (including phenoxy) is 1. The number of aliphatic hydroxyl groups excluding tert-OH is 1. The molecule has 0 radical (unpaired) electrons. The van der Waals surface area contributed by atoms with Crippen LogP contribution in [-0.4, -0.2) is 28.1 Å². The summed E-state index contributed by atoms with van der Waals surface area (Å²) in [5.74, 6) is 0.669. The van der Waals surface area contributed by atoms with Gasteiger partial charge in [-0.3, -0.25) is 9.78 Å². The number of nitrogens with one attached hydrogen (secondary N) is 1. The standard InChI is InChI=1S/C20H24N2O3/c23-19-9-2-1-8-18(19)22-20(24)12-15-5-3-7-17(11-15)25-14-16-6-4-10-21-13-16/h3-7,10-11,13,18-19,23H,1-2,8-9,12,14H2,(H,22,24). The van der Waals surface area contributed by atoms with Gasteiger partial charge in [-0.05, 0) is 36.6 Å². The van der Waals surface area contributed by atoms with Gasteiger partial charge in [0, 0.05) is 18.0 Å². The van der Waals surface area contributed by atoms with Crippen molar-refractivity contribution in [1.82, 2.24) is 10.3 Å². The second-order valence-electron chi connectivity index (χ2n) is 6.50. The first kappa shape index (κ1) is 17.4. The maximum Gasteiger partial charge on any atom is 0.224 e. The molecule has 0 aliphatic heterocycles. The smallest absolute Gasteiger partial charge is 0.224 e. The van der Waals surface area contributed by atoms with Gasteiger partial charge in [0.2, 0.25) is 5.91 Å². The van der Waals surface area contributed by atoms with E-state index in [1.54, 1.807) is 12.4 Å². The number of carbonyl (C=O) groups excluding carboxylic acids is 1. The molecule has 5 nitrogen and oxygen atoms in total. The van der Waals surface area contributed by atoms with Crippen LogP contribution in [0.25, 0.3) is 0 Å². The van der Waals surface area contributed by atoms with E-state index in [2.05, 4.69) is 10.3 Å². The first-order chi connectivity index (χ1) is 12.2. The van der Waals surface area contributed by atoms with Gasteiger partial charge in [-0.25, -0.2) is 0 Å².